The summed E-state index contributed by atoms with van der Waals surface area (Å²) in [5.74, 6) is -0.221. The molecule has 1 fully saturated rings. The summed E-state index contributed by atoms with van der Waals surface area (Å²) >= 11 is 0. The molecule has 2 N–H and O–H groups in total. The second kappa shape index (κ2) is 4.80. The molecule has 0 spiro atoms. The Morgan fingerprint density at radius 1 is 1.56 bits per heavy atom. The van der Waals surface area contributed by atoms with Crippen molar-refractivity contribution < 1.29 is 9.13 Å². The number of nitrogen functional groups attached to an aromatic ring is 1. The fourth-order valence-electron chi connectivity index (χ4n) is 2.10. The van der Waals surface area contributed by atoms with Gasteiger partial charge in [-0.1, -0.05) is 6.07 Å². The number of likely N-dealkylation sites (tertiary alicyclic amines) is 1. The van der Waals surface area contributed by atoms with E-state index in [0.717, 1.165) is 19.5 Å². The summed E-state index contributed by atoms with van der Waals surface area (Å²) in [4.78, 5) is 2.17. The van der Waals surface area contributed by atoms with Crippen molar-refractivity contribution in [2.75, 3.05) is 25.9 Å². The molecular weight excluding hydrogens is 207 g/mol. The lowest BCUT2D eigenvalue weighted by molar-refractivity contribution is 0.107. The molecule has 3 nitrogen and oxygen atoms in total. The van der Waals surface area contributed by atoms with E-state index in [9.17, 15) is 4.39 Å². The first kappa shape index (κ1) is 11.4. The molecule has 0 aliphatic carbocycles. The molecule has 16 heavy (non-hydrogen) atoms. The van der Waals surface area contributed by atoms with Crippen LogP contribution in [-0.4, -0.2) is 31.2 Å². The lowest BCUT2D eigenvalue weighted by Crippen LogP contribution is -2.23. The van der Waals surface area contributed by atoms with Crippen molar-refractivity contribution in [2.45, 2.75) is 19.1 Å². The van der Waals surface area contributed by atoms with Crippen molar-refractivity contribution in [1.29, 1.82) is 0 Å². The molecular formula is C12H17FN2O. The lowest BCUT2D eigenvalue weighted by atomic mass is 10.1. The topological polar surface area (TPSA) is 38.5 Å². The number of nitrogens with zero attached hydrogens (tertiary/aromatic N) is 1. The molecule has 1 aliphatic rings. The van der Waals surface area contributed by atoms with Crippen LogP contribution in [0.5, 0.6) is 0 Å². The fraction of sp³-hybridized carbons (Fsp3) is 0.500. The maximum absolute atomic E-state index is 13.5. The molecule has 0 amide bonds. The largest absolute Gasteiger partial charge is 0.398 e. The Labute approximate surface area is 95.0 Å². The number of benzene rings is 1. The van der Waals surface area contributed by atoms with Gasteiger partial charge in [0, 0.05) is 38.0 Å². The Morgan fingerprint density at radius 2 is 2.38 bits per heavy atom. The molecule has 0 saturated carbocycles. The van der Waals surface area contributed by atoms with E-state index >= 15 is 0 Å². The van der Waals surface area contributed by atoms with Gasteiger partial charge in [0.1, 0.15) is 5.82 Å². The van der Waals surface area contributed by atoms with E-state index in [1.165, 1.54) is 6.07 Å². The van der Waals surface area contributed by atoms with E-state index in [1.807, 2.05) is 0 Å². The zero-order valence-corrected chi connectivity index (χ0v) is 9.45. The van der Waals surface area contributed by atoms with Crippen LogP contribution in [0.15, 0.2) is 18.2 Å². The van der Waals surface area contributed by atoms with Crippen LogP contribution in [0, 0.1) is 5.82 Å². The predicted octanol–water partition coefficient (Wildman–Crippen LogP) is 1.63. The number of hydrogen-bond donors (Lipinski definition) is 1. The van der Waals surface area contributed by atoms with Gasteiger partial charge in [-0.15, -0.1) is 0 Å². The molecule has 1 aromatic carbocycles. The third-order valence-corrected chi connectivity index (χ3v) is 3.10. The molecule has 0 aromatic heterocycles. The lowest BCUT2D eigenvalue weighted by Gasteiger charge is -2.17. The highest BCUT2D eigenvalue weighted by Gasteiger charge is 2.23. The predicted molar refractivity (Wildman–Crippen MR) is 61.5 cm³/mol. The van der Waals surface area contributed by atoms with Gasteiger partial charge in [-0.25, -0.2) is 4.39 Å². The Hall–Kier alpha value is -1.13. The second-order valence-corrected chi connectivity index (χ2v) is 4.19. The van der Waals surface area contributed by atoms with Crippen molar-refractivity contribution >= 4 is 5.69 Å². The number of ether oxygens (including phenoxy) is 1. The van der Waals surface area contributed by atoms with Gasteiger partial charge in [-0.2, -0.15) is 0 Å². The zero-order chi connectivity index (χ0) is 11.5. The number of halogens is 1. The number of hydrogen-bond acceptors (Lipinski definition) is 3. The second-order valence-electron chi connectivity index (χ2n) is 4.19. The third kappa shape index (κ3) is 2.33. The zero-order valence-electron chi connectivity index (χ0n) is 9.45. The molecule has 1 heterocycles. The Bertz CT molecular complexity index is 350. The summed E-state index contributed by atoms with van der Waals surface area (Å²) in [6.07, 6.45) is 1.28. The summed E-state index contributed by atoms with van der Waals surface area (Å²) in [7, 11) is 1.71. The van der Waals surface area contributed by atoms with Gasteiger partial charge in [-0.3, -0.25) is 4.90 Å². The van der Waals surface area contributed by atoms with E-state index in [4.69, 9.17) is 10.5 Å². The Kier molecular flexibility index (Phi) is 3.41. The first-order valence-electron chi connectivity index (χ1n) is 5.48. The van der Waals surface area contributed by atoms with Gasteiger partial charge >= 0.3 is 0 Å². The van der Waals surface area contributed by atoms with Crippen LogP contribution in [-0.2, 0) is 11.3 Å². The van der Waals surface area contributed by atoms with E-state index in [1.54, 1.807) is 19.2 Å². The molecule has 1 saturated heterocycles. The molecule has 2 rings (SSSR count). The highest BCUT2D eigenvalue weighted by molar-refractivity contribution is 5.47. The van der Waals surface area contributed by atoms with Gasteiger partial charge in [0.15, 0.2) is 0 Å². The SMILES string of the molecule is COC1CCN(Cc2c(N)cccc2F)C1. The minimum Gasteiger partial charge on any atom is -0.398 e. The van der Waals surface area contributed by atoms with Gasteiger partial charge in [0.2, 0.25) is 0 Å². The minimum atomic E-state index is -0.221. The highest BCUT2D eigenvalue weighted by Crippen LogP contribution is 2.21. The maximum Gasteiger partial charge on any atom is 0.129 e. The van der Waals surface area contributed by atoms with Crippen LogP contribution in [0.2, 0.25) is 0 Å². The van der Waals surface area contributed by atoms with Crippen molar-refractivity contribution in [2.24, 2.45) is 0 Å². The first-order valence-corrected chi connectivity index (χ1v) is 5.48. The van der Waals surface area contributed by atoms with Crippen LogP contribution in [0.4, 0.5) is 10.1 Å². The quantitative estimate of drug-likeness (QED) is 0.793. The van der Waals surface area contributed by atoms with Crippen LogP contribution in [0.1, 0.15) is 12.0 Å². The van der Waals surface area contributed by atoms with Crippen molar-refractivity contribution in [3.05, 3.63) is 29.6 Å². The normalized spacial score (nSPS) is 21.5. The molecule has 1 unspecified atom stereocenters. The average Bonchev–Trinajstić information content (AvgIpc) is 2.71. The Balaban J connectivity index is 2.04. The Morgan fingerprint density at radius 3 is 3.00 bits per heavy atom. The molecule has 0 radical (unpaired) electrons. The van der Waals surface area contributed by atoms with Crippen LogP contribution < -0.4 is 5.73 Å². The minimum absolute atomic E-state index is 0.221. The highest BCUT2D eigenvalue weighted by atomic mass is 19.1. The third-order valence-electron chi connectivity index (χ3n) is 3.10. The summed E-state index contributed by atoms with van der Waals surface area (Å²) in [5.41, 5.74) is 6.89. The number of anilines is 1. The molecule has 1 aliphatic heterocycles. The smallest absolute Gasteiger partial charge is 0.129 e. The van der Waals surface area contributed by atoms with Gasteiger partial charge in [-0.05, 0) is 18.6 Å². The molecule has 1 atom stereocenters. The summed E-state index contributed by atoms with van der Waals surface area (Å²) in [6.45, 7) is 2.36. The van der Waals surface area contributed by atoms with Gasteiger partial charge in [0.25, 0.3) is 0 Å². The van der Waals surface area contributed by atoms with Crippen LogP contribution >= 0.6 is 0 Å². The first-order chi connectivity index (χ1) is 7.70. The van der Waals surface area contributed by atoms with E-state index in [0.29, 0.717) is 17.8 Å². The van der Waals surface area contributed by atoms with E-state index in [-0.39, 0.29) is 11.9 Å². The maximum atomic E-state index is 13.5. The number of rotatable bonds is 3. The van der Waals surface area contributed by atoms with E-state index < -0.39 is 0 Å². The van der Waals surface area contributed by atoms with Crippen molar-refractivity contribution in [3.8, 4) is 0 Å². The number of methoxy groups -OCH3 is 1. The monoisotopic (exact) mass is 224 g/mol. The standard InChI is InChI=1S/C12H17FN2O/c1-16-9-5-6-15(7-9)8-10-11(13)3-2-4-12(10)14/h2-4,9H,5-8,14H2,1H3. The molecule has 1 aromatic rings. The summed E-state index contributed by atoms with van der Waals surface area (Å²) in [6, 6.07) is 4.83. The summed E-state index contributed by atoms with van der Waals surface area (Å²) in [5, 5.41) is 0. The van der Waals surface area contributed by atoms with E-state index in [2.05, 4.69) is 4.90 Å². The molecule has 4 heteroatoms. The number of nitrogens with two attached hydrogens (primary N) is 1. The van der Waals surface area contributed by atoms with Crippen LogP contribution in [0.25, 0.3) is 0 Å². The molecule has 0 bridgehead atoms. The van der Waals surface area contributed by atoms with Gasteiger partial charge < -0.3 is 10.5 Å². The van der Waals surface area contributed by atoms with Crippen molar-refractivity contribution in [3.63, 3.8) is 0 Å². The average molecular weight is 224 g/mol. The summed E-state index contributed by atoms with van der Waals surface area (Å²) < 4.78 is 18.8. The fourth-order valence-corrected chi connectivity index (χ4v) is 2.10. The van der Waals surface area contributed by atoms with Gasteiger partial charge in [0.05, 0.1) is 6.10 Å². The molecule has 88 valence electrons. The van der Waals surface area contributed by atoms with Crippen molar-refractivity contribution in [1.82, 2.24) is 4.90 Å². The van der Waals surface area contributed by atoms with Crippen LogP contribution in [0.3, 0.4) is 0 Å².